The van der Waals surface area contributed by atoms with Gasteiger partial charge >= 0.3 is 0 Å². The van der Waals surface area contributed by atoms with Gasteiger partial charge in [0.15, 0.2) is 0 Å². The third-order valence-electron chi connectivity index (χ3n) is 4.40. The molecule has 1 fully saturated rings. The fourth-order valence-corrected chi connectivity index (χ4v) is 3.02. The number of ether oxygens (including phenoxy) is 1. The quantitative estimate of drug-likeness (QED) is 0.867. The Morgan fingerprint density at radius 1 is 1.32 bits per heavy atom. The van der Waals surface area contributed by atoms with E-state index in [4.69, 9.17) is 4.74 Å². The van der Waals surface area contributed by atoms with E-state index in [9.17, 15) is 0 Å². The van der Waals surface area contributed by atoms with Gasteiger partial charge in [0.05, 0.1) is 18.4 Å². The Labute approximate surface area is 131 Å². The molecule has 5 heteroatoms. The summed E-state index contributed by atoms with van der Waals surface area (Å²) in [6.07, 6.45) is 3.09. The summed E-state index contributed by atoms with van der Waals surface area (Å²) in [6, 6.07) is 8.94. The lowest BCUT2D eigenvalue weighted by atomic mass is 10.0. The Hall–Kier alpha value is -1.72. The lowest BCUT2D eigenvalue weighted by Crippen LogP contribution is -2.46. The summed E-state index contributed by atoms with van der Waals surface area (Å²) in [7, 11) is 1.90. The van der Waals surface area contributed by atoms with Crippen molar-refractivity contribution in [3.8, 4) is 0 Å². The zero-order valence-corrected chi connectivity index (χ0v) is 13.6. The smallest absolute Gasteiger partial charge is 0.0955 e. The Morgan fingerprint density at radius 2 is 2.14 bits per heavy atom. The maximum atomic E-state index is 6.07. The van der Waals surface area contributed by atoms with Crippen LogP contribution in [-0.2, 0) is 18.2 Å². The third kappa shape index (κ3) is 3.36. The first-order valence-electron chi connectivity index (χ1n) is 7.90. The lowest BCUT2D eigenvalue weighted by molar-refractivity contribution is -0.0598. The fourth-order valence-electron chi connectivity index (χ4n) is 3.02. The monoisotopic (exact) mass is 300 g/mol. The van der Waals surface area contributed by atoms with E-state index < -0.39 is 0 Å². The third-order valence-corrected chi connectivity index (χ3v) is 4.40. The zero-order valence-electron chi connectivity index (χ0n) is 13.6. The molecule has 0 amide bonds. The van der Waals surface area contributed by atoms with E-state index in [0.29, 0.717) is 6.04 Å². The van der Waals surface area contributed by atoms with Gasteiger partial charge in [-0.25, -0.2) is 0 Å². The van der Waals surface area contributed by atoms with Gasteiger partial charge in [0.2, 0.25) is 0 Å². The second kappa shape index (κ2) is 6.58. The molecule has 0 radical (unpaired) electrons. The van der Waals surface area contributed by atoms with Crippen LogP contribution in [0.3, 0.4) is 0 Å². The molecule has 2 atom stereocenters. The second-order valence-corrected chi connectivity index (χ2v) is 6.16. The SMILES string of the molecule is Cc1ccccc1C1CN(CCc2cn(C)nn2)C(C)CO1. The second-order valence-electron chi connectivity index (χ2n) is 6.16. The van der Waals surface area contributed by atoms with E-state index in [1.807, 2.05) is 13.2 Å². The van der Waals surface area contributed by atoms with Gasteiger partial charge in [-0.05, 0) is 25.0 Å². The molecule has 1 saturated heterocycles. The van der Waals surface area contributed by atoms with Gasteiger partial charge in [-0.15, -0.1) is 5.10 Å². The summed E-state index contributed by atoms with van der Waals surface area (Å²) in [6.45, 7) is 7.09. The van der Waals surface area contributed by atoms with Gasteiger partial charge in [-0.1, -0.05) is 29.5 Å². The van der Waals surface area contributed by atoms with Crippen LogP contribution in [0.1, 0.15) is 29.8 Å². The van der Waals surface area contributed by atoms with E-state index in [1.54, 1.807) is 4.68 Å². The average Bonchev–Trinajstić information content (AvgIpc) is 2.93. The van der Waals surface area contributed by atoms with Crippen molar-refractivity contribution in [2.45, 2.75) is 32.4 Å². The van der Waals surface area contributed by atoms with Crippen molar-refractivity contribution in [2.24, 2.45) is 7.05 Å². The number of hydrogen-bond donors (Lipinski definition) is 0. The Bertz CT molecular complexity index is 625. The molecular weight excluding hydrogens is 276 g/mol. The van der Waals surface area contributed by atoms with E-state index in [2.05, 4.69) is 53.3 Å². The molecule has 1 aliphatic heterocycles. The number of hydrogen-bond acceptors (Lipinski definition) is 4. The molecular formula is C17H24N4O. The van der Waals surface area contributed by atoms with Gasteiger partial charge in [-0.3, -0.25) is 9.58 Å². The topological polar surface area (TPSA) is 43.2 Å². The zero-order chi connectivity index (χ0) is 15.5. The van der Waals surface area contributed by atoms with Crippen molar-refractivity contribution in [3.05, 3.63) is 47.3 Å². The van der Waals surface area contributed by atoms with E-state index >= 15 is 0 Å². The minimum atomic E-state index is 0.166. The maximum absolute atomic E-state index is 6.07. The van der Waals surface area contributed by atoms with Crippen LogP contribution in [0.5, 0.6) is 0 Å². The van der Waals surface area contributed by atoms with E-state index in [1.165, 1.54) is 11.1 Å². The predicted molar refractivity (Wildman–Crippen MR) is 85.6 cm³/mol. The first kappa shape index (κ1) is 15.2. The largest absolute Gasteiger partial charge is 0.371 e. The van der Waals surface area contributed by atoms with Crippen molar-refractivity contribution < 1.29 is 4.74 Å². The average molecular weight is 300 g/mol. The number of morpholine rings is 1. The van der Waals surface area contributed by atoms with Gasteiger partial charge in [0, 0.05) is 38.8 Å². The molecule has 0 bridgehead atoms. The molecule has 2 unspecified atom stereocenters. The summed E-state index contributed by atoms with van der Waals surface area (Å²) >= 11 is 0. The van der Waals surface area contributed by atoms with Gasteiger partial charge in [-0.2, -0.15) is 0 Å². The highest BCUT2D eigenvalue weighted by Gasteiger charge is 2.27. The van der Waals surface area contributed by atoms with Crippen LogP contribution in [0.2, 0.25) is 0 Å². The minimum absolute atomic E-state index is 0.166. The molecule has 2 heterocycles. The summed E-state index contributed by atoms with van der Waals surface area (Å²) in [4.78, 5) is 2.50. The number of aryl methyl sites for hydroxylation is 2. The van der Waals surface area contributed by atoms with Gasteiger partial charge < -0.3 is 4.74 Å². The van der Waals surface area contributed by atoms with Crippen LogP contribution in [0.25, 0.3) is 0 Å². The van der Waals surface area contributed by atoms with Crippen LogP contribution >= 0.6 is 0 Å². The summed E-state index contributed by atoms with van der Waals surface area (Å²) < 4.78 is 7.83. The molecule has 0 spiro atoms. The molecule has 2 aromatic rings. The van der Waals surface area contributed by atoms with E-state index in [-0.39, 0.29) is 6.10 Å². The Morgan fingerprint density at radius 3 is 2.86 bits per heavy atom. The van der Waals surface area contributed by atoms with Crippen molar-refractivity contribution in [1.82, 2.24) is 19.9 Å². The van der Waals surface area contributed by atoms with Crippen molar-refractivity contribution in [2.75, 3.05) is 19.7 Å². The number of benzene rings is 1. The highest BCUT2D eigenvalue weighted by atomic mass is 16.5. The molecule has 0 saturated carbocycles. The van der Waals surface area contributed by atoms with Gasteiger partial charge in [0.1, 0.15) is 0 Å². The molecule has 0 aliphatic carbocycles. The molecule has 118 valence electrons. The normalized spacial score (nSPS) is 22.9. The van der Waals surface area contributed by atoms with Crippen LogP contribution in [-0.4, -0.2) is 45.6 Å². The summed E-state index contributed by atoms with van der Waals surface area (Å²) in [5.74, 6) is 0. The van der Waals surface area contributed by atoms with Crippen LogP contribution in [0, 0.1) is 6.92 Å². The first-order chi connectivity index (χ1) is 10.6. The van der Waals surface area contributed by atoms with E-state index in [0.717, 1.165) is 31.8 Å². The van der Waals surface area contributed by atoms with Crippen molar-refractivity contribution in [3.63, 3.8) is 0 Å². The lowest BCUT2D eigenvalue weighted by Gasteiger charge is -2.38. The van der Waals surface area contributed by atoms with Crippen LogP contribution in [0.15, 0.2) is 30.5 Å². The number of aromatic nitrogens is 3. The Balaban J connectivity index is 1.65. The van der Waals surface area contributed by atoms with Gasteiger partial charge in [0.25, 0.3) is 0 Å². The number of rotatable bonds is 4. The first-order valence-corrected chi connectivity index (χ1v) is 7.90. The predicted octanol–water partition coefficient (Wildman–Crippen LogP) is 2.13. The number of nitrogens with zero attached hydrogens (tertiary/aromatic N) is 4. The molecule has 5 nitrogen and oxygen atoms in total. The van der Waals surface area contributed by atoms with Crippen LogP contribution in [0.4, 0.5) is 0 Å². The molecule has 22 heavy (non-hydrogen) atoms. The highest BCUT2D eigenvalue weighted by Crippen LogP contribution is 2.27. The van der Waals surface area contributed by atoms with Crippen molar-refractivity contribution in [1.29, 1.82) is 0 Å². The molecule has 3 rings (SSSR count). The maximum Gasteiger partial charge on any atom is 0.0955 e. The van der Waals surface area contributed by atoms with Crippen molar-refractivity contribution >= 4 is 0 Å². The fraction of sp³-hybridized carbons (Fsp3) is 0.529. The summed E-state index contributed by atoms with van der Waals surface area (Å²) in [5.41, 5.74) is 3.66. The molecule has 1 aromatic heterocycles. The molecule has 1 aliphatic rings. The highest BCUT2D eigenvalue weighted by molar-refractivity contribution is 5.28. The standard InChI is InChI=1S/C17H24N4O/c1-13-6-4-5-7-16(13)17-11-21(14(2)12-22-17)9-8-15-10-20(3)19-18-15/h4-7,10,14,17H,8-9,11-12H2,1-3H3. The molecule has 0 N–H and O–H groups in total. The summed E-state index contributed by atoms with van der Waals surface area (Å²) in [5, 5.41) is 8.17. The van der Waals surface area contributed by atoms with Crippen LogP contribution < -0.4 is 0 Å². The molecule has 1 aromatic carbocycles. The minimum Gasteiger partial charge on any atom is -0.371 e. The Kier molecular flexibility index (Phi) is 4.55.